The van der Waals surface area contributed by atoms with E-state index in [1.165, 1.54) is 0 Å². The summed E-state index contributed by atoms with van der Waals surface area (Å²) >= 11 is 0. The van der Waals surface area contributed by atoms with E-state index in [1.807, 2.05) is 6.92 Å². The fourth-order valence-corrected chi connectivity index (χ4v) is 5.11. The monoisotopic (exact) mass is 302 g/mol. The van der Waals surface area contributed by atoms with Crippen LogP contribution in [-0.2, 0) is 14.6 Å². The highest BCUT2D eigenvalue weighted by atomic mass is 32.2. The van der Waals surface area contributed by atoms with Crippen molar-refractivity contribution in [1.82, 2.24) is 4.90 Å². The van der Waals surface area contributed by atoms with Crippen molar-refractivity contribution in [2.24, 2.45) is 11.7 Å². The van der Waals surface area contributed by atoms with Gasteiger partial charge in [0.1, 0.15) is 5.75 Å². The molecule has 1 saturated carbocycles. The fourth-order valence-electron chi connectivity index (χ4n) is 3.29. The van der Waals surface area contributed by atoms with Gasteiger partial charge in [0.25, 0.3) is 0 Å². The first-order chi connectivity index (χ1) is 9.40. The number of amides is 1. The number of carbonyl (C=O) groups is 1. The number of sulfone groups is 1. The minimum Gasteiger partial charge on any atom is -0.341 e. The SMILES string of the molecule is CC(N)C1CCCN(C(=O)CS(=O)(=O)C2CCCC2)C1. The third kappa shape index (κ3) is 3.73. The van der Waals surface area contributed by atoms with Crippen LogP contribution in [0, 0.1) is 5.92 Å². The zero-order chi connectivity index (χ0) is 14.8. The molecule has 0 radical (unpaired) electrons. The Morgan fingerprint density at radius 1 is 1.25 bits per heavy atom. The molecule has 2 fully saturated rings. The number of carbonyl (C=O) groups excluding carboxylic acids is 1. The topological polar surface area (TPSA) is 80.5 Å². The van der Waals surface area contributed by atoms with E-state index in [4.69, 9.17) is 5.73 Å². The Hall–Kier alpha value is -0.620. The van der Waals surface area contributed by atoms with Crippen molar-refractivity contribution in [3.05, 3.63) is 0 Å². The summed E-state index contributed by atoms with van der Waals surface area (Å²) in [5.74, 6) is -0.257. The zero-order valence-corrected chi connectivity index (χ0v) is 13.1. The Labute approximate surface area is 121 Å². The van der Waals surface area contributed by atoms with Crippen LogP contribution in [0.25, 0.3) is 0 Å². The highest BCUT2D eigenvalue weighted by molar-refractivity contribution is 7.92. The molecular formula is C14H26N2O3S. The average Bonchev–Trinajstić information content (AvgIpc) is 2.93. The Bertz CT molecular complexity index is 441. The molecule has 2 N–H and O–H groups in total. The van der Waals surface area contributed by atoms with E-state index in [-0.39, 0.29) is 23.0 Å². The summed E-state index contributed by atoms with van der Waals surface area (Å²) in [6, 6.07) is 0.0528. The summed E-state index contributed by atoms with van der Waals surface area (Å²) in [6.45, 7) is 3.23. The summed E-state index contributed by atoms with van der Waals surface area (Å²) in [5, 5.41) is -0.291. The first-order valence-electron chi connectivity index (χ1n) is 7.65. The van der Waals surface area contributed by atoms with Gasteiger partial charge in [-0.25, -0.2) is 8.42 Å². The number of hydrogen-bond acceptors (Lipinski definition) is 4. The van der Waals surface area contributed by atoms with Gasteiger partial charge in [0.15, 0.2) is 9.84 Å². The molecule has 1 heterocycles. The number of nitrogens with two attached hydrogens (primary N) is 1. The predicted octanol–water partition coefficient (Wildman–Crippen LogP) is 0.930. The van der Waals surface area contributed by atoms with Gasteiger partial charge in [0, 0.05) is 19.1 Å². The van der Waals surface area contributed by atoms with Gasteiger partial charge >= 0.3 is 0 Å². The molecule has 2 aliphatic rings. The summed E-state index contributed by atoms with van der Waals surface area (Å²) in [6.07, 6.45) is 5.32. The summed E-state index contributed by atoms with van der Waals surface area (Å²) in [7, 11) is -3.27. The van der Waals surface area contributed by atoms with Crippen molar-refractivity contribution in [2.75, 3.05) is 18.8 Å². The maximum atomic E-state index is 12.2. The van der Waals surface area contributed by atoms with Crippen LogP contribution >= 0.6 is 0 Å². The van der Waals surface area contributed by atoms with Gasteiger partial charge in [0.05, 0.1) is 5.25 Å². The number of hydrogen-bond donors (Lipinski definition) is 1. The molecule has 2 unspecified atom stereocenters. The highest BCUT2D eigenvalue weighted by Crippen LogP contribution is 2.26. The Morgan fingerprint density at radius 3 is 2.50 bits per heavy atom. The molecule has 20 heavy (non-hydrogen) atoms. The Kier molecular flexibility index (Phi) is 5.07. The Morgan fingerprint density at radius 2 is 1.90 bits per heavy atom. The Balaban J connectivity index is 1.94. The molecule has 2 atom stereocenters. The minimum atomic E-state index is -3.27. The number of nitrogens with zero attached hydrogens (tertiary/aromatic N) is 1. The first kappa shape index (κ1) is 15.8. The number of likely N-dealkylation sites (tertiary alicyclic amines) is 1. The third-order valence-corrected chi connectivity index (χ3v) is 6.83. The minimum absolute atomic E-state index is 0.0528. The van der Waals surface area contributed by atoms with Gasteiger partial charge in [-0.1, -0.05) is 12.8 Å². The fraction of sp³-hybridized carbons (Fsp3) is 0.929. The molecule has 0 aromatic heterocycles. The summed E-state index contributed by atoms with van der Waals surface area (Å²) < 4.78 is 24.5. The van der Waals surface area contributed by atoms with Crippen LogP contribution in [0.1, 0.15) is 45.4 Å². The van der Waals surface area contributed by atoms with E-state index < -0.39 is 9.84 Å². The molecule has 1 saturated heterocycles. The second-order valence-corrected chi connectivity index (χ2v) is 8.60. The lowest BCUT2D eigenvalue weighted by molar-refractivity contribution is -0.130. The second-order valence-electron chi connectivity index (χ2n) is 6.31. The summed E-state index contributed by atoms with van der Waals surface area (Å²) in [5.41, 5.74) is 5.90. The lowest BCUT2D eigenvalue weighted by atomic mass is 9.92. The number of piperidine rings is 1. The van der Waals surface area contributed by atoms with Gasteiger partial charge in [-0.15, -0.1) is 0 Å². The van der Waals surface area contributed by atoms with E-state index in [0.29, 0.717) is 19.0 Å². The lowest BCUT2D eigenvalue weighted by Gasteiger charge is -2.34. The largest absolute Gasteiger partial charge is 0.341 e. The van der Waals surface area contributed by atoms with Crippen LogP contribution in [0.5, 0.6) is 0 Å². The van der Waals surface area contributed by atoms with Crippen LogP contribution < -0.4 is 5.73 Å². The smallest absolute Gasteiger partial charge is 0.237 e. The van der Waals surface area contributed by atoms with Crippen LogP contribution in [-0.4, -0.2) is 49.4 Å². The highest BCUT2D eigenvalue weighted by Gasteiger charge is 2.33. The third-order valence-electron chi connectivity index (χ3n) is 4.69. The van der Waals surface area contributed by atoms with E-state index in [2.05, 4.69) is 0 Å². The maximum absolute atomic E-state index is 12.2. The van der Waals surface area contributed by atoms with Gasteiger partial charge in [-0.2, -0.15) is 0 Å². The van der Waals surface area contributed by atoms with E-state index in [0.717, 1.165) is 38.5 Å². The molecule has 5 nitrogen and oxygen atoms in total. The molecule has 1 amide bonds. The standard InChI is InChI=1S/C14H26N2O3S/c1-11(15)12-5-4-8-16(9-12)14(17)10-20(18,19)13-6-2-3-7-13/h11-13H,2-10,15H2,1H3. The molecule has 0 spiro atoms. The second kappa shape index (κ2) is 6.43. The molecule has 0 aromatic carbocycles. The average molecular weight is 302 g/mol. The van der Waals surface area contributed by atoms with E-state index >= 15 is 0 Å². The summed E-state index contributed by atoms with van der Waals surface area (Å²) in [4.78, 5) is 13.9. The molecule has 1 aliphatic carbocycles. The van der Waals surface area contributed by atoms with Gasteiger partial charge < -0.3 is 10.6 Å². The first-order valence-corrected chi connectivity index (χ1v) is 9.36. The molecule has 116 valence electrons. The lowest BCUT2D eigenvalue weighted by Crippen LogP contribution is -2.47. The van der Waals surface area contributed by atoms with Crippen molar-refractivity contribution in [3.63, 3.8) is 0 Å². The van der Waals surface area contributed by atoms with Crippen LogP contribution in [0.3, 0.4) is 0 Å². The molecule has 2 rings (SSSR count). The maximum Gasteiger partial charge on any atom is 0.237 e. The van der Waals surface area contributed by atoms with Gasteiger partial charge in [0.2, 0.25) is 5.91 Å². The predicted molar refractivity (Wildman–Crippen MR) is 79.0 cm³/mol. The van der Waals surface area contributed by atoms with Crippen molar-refractivity contribution >= 4 is 15.7 Å². The molecule has 0 bridgehead atoms. The van der Waals surface area contributed by atoms with Crippen molar-refractivity contribution in [2.45, 2.75) is 56.7 Å². The molecular weight excluding hydrogens is 276 g/mol. The molecule has 0 aromatic rings. The van der Waals surface area contributed by atoms with Crippen molar-refractivity contribution in [1.29, 1.82) is 0 Å². The van der Waals surface area contributed by atoms with Gasteiger partial charge in [-0.3, -0.25) is 4.79 Å². The normalized spacial score (nSPS) is 26.7. The number of rotatable bonds is 4. The molecule has 6 heteroatoms. The van der Waals surface area contributed by atoms with Crippen molar-refractivity contribution in [3.8, 4) is 0 Å². The molecule has 1 aliphatic heterocycles. The van der Waals surface area contributed by atoms with E-state index in [1.54, 1.807) is 4.90 Å². The quantitative estimate of drug-likeness (QED) is 0.837. The van der Waals surface area contributed by atoms with Crippen molar-refractivity contribution < 1.29 is 13.2 Å². The zero-order valence-electron chi connectivity index (χ0n) is 12.3. The van der Waals surface area contributed by atoms with Crippen LogP contribution in [0.2, 0.25) is 0 Å². The van der Waals surface area contributed by atoms with Crippen LogP contribution in [0.15, 0.2) is 0 Å². The van der Waals surface area contributed by atoms with Crippen LogP contribution in [0.4, 0.5) is 0 Å². The van der Waals surface area contributed by atoms with E-state index in [9.17, 15) is 13.2 Å². The van der Waals surface area contributed by atoms with Gasteiger partial charge in [-0.05, 0) is 38.5 Å².